The van der Waals surface area contributed by atoms with E-state index in [1.165, 1.54) is 7.11 Å². The van der Waals surface area contributed by atoms with Crippen molar-refractivity contribution in [2.45, 2.75) is 39.1 Å². The van der Waals surface area contributed by atoms with Gasteiger partial charge in [0.1, 0.15) is 17.9 Å². The fourth-order valence-corrected chi connectivity index (χ4v) is 1.64. The van der Waals surface area contributed by atoms with E-state index in [2.05, 4.69) is 6.07 Å². The third-order valence-corrected chi connectivity index (χ3v) is 2.43. The Morgan fingerprint density at radius 3 is 2.41 bits per heavy atom. The third kappa shape index (κ3) is 6.69. The number of hydrogen-bond acceptors (Lipinski definition) is 3. The van der Waals surface area contributed by atoms with Gasteiger partial charge in [-0.3, -0.25) is 4.90 Å². The monoisotopic (exact) mass is 318 g/mol. The van der Waals surface area contributed by atoms with Crippen molar-refractivity contribution in [3.8, 4) is 5.75 Å². The van der Waals surface area contributed by atoms with E-state index in [1.54, 1.807) is 39.0 Å². The lowest BCUT2D eigenvalue weighted by Crippen LogP contribution is -2.41. The largest absolute Gasteiger partial charge is 0.496 e. The molecule has 0 bridgehead atoms. The molecule has 0 fully saturated rings. The number of methoxy groups -OCH3 is 1. The summed E-state index contributed by atoms with van der Waals surface area (Å²) in [5, 5.41) is 0. The van der Waals surface area contributed by atoms with Crippen molar-refractivity contribution in [1.29, 1.82) is 0 Å². The summed E-state index contributed by atoms with van der Waals surface area (Å²) in [5.74, 6) is 0.383. The second kappa shape index (κ2) is 6.89. The highest BCUT2D eigenvalue weighted by atomic mass is 19.4. The molecule has 7 heteroatoms. The van der Waals surface area contributed by atoms with E-state index < -0.39 is 24.4 Å². The summed E-state index contributed by atoms with van der Waals surface area (Å²) in [6.07, 6.45) is -5.54. The van der Waals surface area contributed by atoms with Crippen LogP contribution in [0.25, 0.3) is 0 Å². The highest BCUT2D eigenvalue weighted by Gasteiger charge is 2.35. The van der Waals surface area contributed by atoms with E-state index in [4.69, 9.17) is 9.47 Å². The van der Waals surface area contributed by atoms with Crippen LogP contribution in [-0.4, -0.2) is 36.4 Å². The highest BCUT2D eigenvalue weighted by Crippen LogP contribution is 2.21. The van der Waals surface area contributed by atoms with Gasteiger partial charge < -0.3 is 9.47 Å². The van der Waals surface area contributed by atoms with Gasteiger partial charge in [0.2, 0.25) is 0 Å². The Bertz CT molecular complexity index is 509. The summed E-state index contributed by atoms with van der Waals surface area (Å²) in [4.78, 5) is 12.5. The van der Waals surface area contributed by atoms with Crippen molar-refractivity contribution in [3.05, 3.63) is 29.8 Å². The van der Waals surface area contributed by atoms with Crippen molar-refractivity contribution >= 4 is 6.09 Å². The van der Waals surface area contributed by atoms with Gasteiger partial charge in [-0.05, 0) is 32.4 Å². The van der Waals surface area contributed by atoms with Gasteiger partial charge in [0, 0.05) is 6.07 Å². The van der Waals surface area contributed by atoms with Crippen molar-refractivity contribution in [2.24, 2.45) is 0 Å². The summed E-state index contributed by atoms with van der Waals surface area (Å²) >= 11 is 0. The number of amides is 1. The molecule has 0 heterocycles. The zero-order chi connectivity index (χ0) is 17.0. The summed E-state index contributed by atoms with van der Waals surface area (Å²) in [6, 6.07) is 7.59. The number of benzene rings is 1. The zero-order valence-electron chi connectivity index (χ0n) is 13.0. The van der Waals surface area contributed by atoms with Crippen LogP contribution in [0.1, 0.15) is 26.3 Å². The second-order valence-corrected chi connectivity index (χ2v) is 5.70. The summed E-state index contributed by atoms with van der Waals surface area (Å²) in [6.45, 7) is 3.11. The second-order valence-electron chi connectivity index (χ2n) is 5.70. The molecule has 0 saturated heterocycles. The van der Waals surface area contributed by atoms with Crippen LogP contribution in [0.4, 0.5) is 18.0 Å². The van der Waals surface area contributed by atoms with Crippen LogP contribution < -0.4 is 4.74 Å². The Morgan fingerprint density at radius 1 is 1.27 bits per heavy atom. The van der Waals surface area contributed by atoms with Crippen molar-refractivity contribution in [2.75, 3.05) is 13.7 Å². The molecule has 0 aliphatic carbocycles. The van der Waals surface area contributed by atoms with Crippen LogP contribution in [0.2, 0.25) is 0 Å². The lowest BCUT2D eigenvalue weighted by atomic mass is 10.2. The minimum absolute atomic E-state index is 0.272. The number of carbonyl (C=O) groups excluding carboxylic acids is 1. The minimum Gasteiger partial charge on any atom is -0.496 e. The average molecular weight is 318 g/mol. The van der Waals surface area contributed by atoms with E-state index >= 15 is 0 Å². The molecule has 22 heavy (non-hydrogen) atoms. The lowest BCUT2D eigenvalue weighted by molar-refractivity contribution is -0.145. The Balaban J connectivity index is 2.92. The van der Waals surface area contributed by atoms with Crippen LogP contribution in [0, 0.1) is 6.07 Å². The number of hydrogen-bond donors (Lipinski definition) is 0. The number of ether oxygens (including phenoxy) is 2. The van der Waals surface area contributed by atoms with E-state index in [0.717, 1.165) is 0 Å². The number of alkyl halides is 3. The molecule has 0 atom stereocenters. The van der Waals surface area contributed by atoms with Gasteiger partial charge in [0.05, 0.1) is 13.7 Å². The molecule has 1 aromatic rings. The van der Waals surface area contributed by atoms with Gasteiger partial charge in [-0.1, -0.05) is 12.1 Å². The molecule has 0 saturated carbocycles. The predicted molar refractivity (Wildman–Crippen MR) is 74.5 cm³/mol. The first-order valence-electron chi connectivity index (χ1n) is 6.60. The molecular weight excluding hydrogens is 299 g/mol. The molecule has 0 N–H and O–H groups in total. The Morgan fingerprint density at radius 2 is 1.91 bits per heavy atom. The minimum atomic E-state index is -4.52. The molecule has 1 radical (unpaired) electrons. The Hall–Kier alpha value is -1.92. The zero-order valence-corrected chi connectivity index (χ0v) is 13.0. The molecule has 123 valence electrons. The van der Waals surface area contributed by atoms with E-state index in [1.807, 2.05) is 0 Å². The highest BCUT2D eigenvalue weighted by molar-refractivity contribution is 5.68. The normalized spacial score (nSPS) is 12.0. The van der Waals surface area contributed by atoms with Gasteiger partial charge in [-0.15, -0.1) is 0 Å². The molecule has 1 rings (SSSR count). The first-order valence-corrected chi connectivity index (χ1v) is 6.60. The number of carbonyl (C=O) groups is 1. The van der Waals surface area contributed by atoms with Crippen molar-refractivity contribution in [3.63, 3.8) is 0 Å². The van der Waals surface area contributed by atoms with Crippen LogP contribution in [0.3, 0.4) is 0 Å². The molecule has 0 unspecified atom stereocenters. The molecule has 1 amide bonds. The smallest absolute Gasteiger partial charge is 0.410 e. The quantitative estimate of drug-likeness (QED) is 0.848. The first kappa shape index (κ1) is 18.1. The number of nitrogens with zero attached hydrogens (tertiary/aromatic N) is 1. The standard InChI is InChI=1S/C15H19F3NO3/c1-14(2,3)22-13(20)19(10-15(16,17)18)9-11-6-5-7-12(8-11)21-4/h5-7H,9-10H2,1-4H3. The Kier molecular flexibility index (Phi) is 5.68. The molecule has 0 aliphatic rings. The van der Waals surface area contributed by atoms with Gasteiger partial charge in [0.15, 0.2) is 0 Å². The maximum Gasteiger partial charge on any atom is 0.410 e. The topological polar surface area (TPSA) is 38.8 Å². The lowest BCUT2D eigenvalue weighted by Gasteiger charge is -2.28. The maximum absolute atomic E-state index is 12.7. The van der Waals surface area contributed by atoms with E-state index in [0.29, 0.717) is 16.2 Å². The average Bonchev–Trinajstić information content (AvgIpc) is 2.34. The van der Waals surface area contributed by atoms with Gasteiger partial charge in [0.25, 0.3) is 0 Å². The SMILES string of the molecule is COc1[c]c(CN(CC(F)(F)F)C(=O)OC(C)(C)C)ccc1. The van der Waals surface area contributed by atoms with Gasteiger partial charge in [-0.25, -0.2) is 4.79 Å². The predicted octanol–water partition coefficient (Wildman–Crippen LogP) is 3.79. The molecule has 0 aliphatic heterocycles. The molecule has 1 aromatic carbocycles. The van der Waals surface area contributed by atoms with Crippen LogP contribution >= 0.6 is 0 Å². The molecule has 0 aromatic heterocycles. The van der Waals surface area contributed by atoms with Crippen molar-refractivity contribution < 1.29 is 27.4 Å². The fraction of sp³-hybridized carbons (Fsp3) is 0.533. The maximum atomic E-state index is 12.7. The third-order valence-electron chi connectivity index (χ3n) is 2.43. The van der Waals surface area contributed by atoms with Crippen molar-refractivity contribution in [1.82, 2.24) is 4.90 Å². The fourth-order valence-electron chi connectivity index (χ4n) is 1.64. The first-order chi connectivity index (χ1) is 10.00. The Labute approximate surface area is 127 Å². The number of halogens is 3. The van der Waals surface area contributed by atoms with Gasteiger partial charge >= 0.3 is 12.3 Å². The number of rotatable bonds is 4. The van der Waals surface area contributed by atoms with Crippen LogP contribution in [0.15, 0.2) is 18.2 Å². The van der Waals surface area contributed by atoms with E-state index in [-0.39, 0.29) is 6.54 Å². The van der Waals surface area contributed by atoms with Crippen LogP contribution in [-0.2, 0) is 11.3 Å². The molecule has 4 nitrogen and oxygen atoms in total. The van der Waals surface area contributed by atoms with E-state index in [9.17, 15) is 18.0 Å². The molecular formula is C15H19F3NO3. The summed E-state index contributed by atoms with van der Waals surface area (Å²) in [5.41, 5.74) is -0.478. The summed E-state index contributed by atoms with van der Waals surface area (Å²) < 4.78 is 48.0. The molecule has 0 spiro atoms. The van der Waals surface area contributed by atoms with Gasteiger partial charge in [-0.2, -0.15) is 13.2 Å². The summed E-state index contributed by atoms with van der Waals surface area (Å²) in [7, 11) is 1.43. The van der Waals surface area contributed by atoms with Crippen LogP contribution in [0.5, 0.6) is 5.75 Å².